The smallest absolute Gasteiger partial charge is 0.420 e. The quantitative estimate of drug-likeness (QED) is 0.599. The molecule has 1 aliphatic carbocycles. The Bertz CT molecular complexity index is 1260. The average molecular weight is 497 g/mol. The van der Waals surface area contributed by atoms with Gasteiger partial charge >= 0.3 is 6.18 Å². The van der Waals surface area contributed by atoms with E-state index in [1.54, 1.807) is 4.90 Å². The molecule has 180 valence electrons. The van der Waals surface area contributed by atoms with Crippen LogP contribution in [0.5, 0.6) is 0 Å². The molecule has 0 radical (unpaired) electrons. The first kappa shape index (κ1) is 22.7. The zero-order valence-corrected chi connectivity index (χ0v) is 18.5. The van der Waals surface area contributed by atoms with Gasteiger partial charge in [0.25, 0.3) is 5.91 Å². The molecule has 34 heavy (non-hydrogen) atoms. The Labute approximate surface area is 196 Å². The summed E-state index contributed by atoms with van der Waals surface area (Å²) >= 11 is 6.35. The number of carbonyl (C=O) groups excluding carboxylic acids is 2. The lowest BCUT2D eigenvalue weighted by atomic mass is 10.1. The van der Waals surface area contributed by atoms with Crippen molar-refractivity contribution in [1.82, 2.24) is 19.2 Å². The lowest BCUT2D eigenvalue weighted by Crippen LogP contribution is -2.57. The number of fused-ring (bicyclic) bond motifs is 1. The summed E-state index contributed by atoms with van der Waals surface area (Å²) in [6.45, 7) is 0.110. The minimum absolute atomic E-state index is 0.157. The van der Waals surface area contributed by atoms with Crippen LogP contribution in [0.2, 0.25) is 5.15 Å². The van der Waals surface area contributed by atoms with Gasteiger partial charge in [-0.05, 0) is 31.4 Å². The van der Waals surface area contributed by atoms with Crippen LogP contribution in [0.1, 0.15) is 35.3 Å². The molecule has 1 saturated heterocycles. The van der Waals surface area contributed by atoms with Gasteiger partial charge in [-0.2, -0.15) is 13.2 Å². The predicted molar refractivity (Wildman–Crippen MR) is 114 cm³/mol. The highest BCUT2D eigenvalue weighted by molar-refractivity contribution is 6.33. The normalized spacial score (nSPS) is 21.6. The molecule has 0 aromatic carbocycles. The lowest BCUT2D eigenvalue weighted by molar-refractivity contribution is -0.139. The number of nitrogens with zero attached hydrogens (tertiary/aromatic N) is 4. The summed E-state index contributed by atoms with van der Waals surface area (Å²) < 4.78 is 47.5. The van der Waals surface area contributed by atoms with Crippen LogP contribution in [0.4, 0.5) is 13.2 Å². The molecule has 2 atom stereocenters. The molecule has 5 rings (SSSR count). The van der Waals surface area contributed by atoms with E-state index >= 15 is 0 Å². The molecule has 2 fully saturated rings. The van der Waals surface area contributed by atoms with E-state index < -0.39 is 29.4 Å². The molecule has 1 aliphatic heterocycles. The van der Waals surface area contributed by atoms with Crippen molar-refractivity contribution in [2.75, 3.05) is 19.6 Å². The minimum Gasteiger partial charge on any atom is -0.472 e. The van der Waals surface area contributed by atoms with Crippen molar-refractivity contribution < 1.29 is 32.3 Å². The molecule has 4 heterocycles. The summed E-state index contributed by atoms with van der Waals surface area (Å²) in [7, 11) is 0. The first-order chi connectivity index (χ1) is 16.1. The van der Waals surface area contributed by atoms with Gasteiger partial charge in [0.2, 0.25) is 5.91 Å². The zero-order valence-electron chi connectivity index (χ0n) is 17.8. The summed E-state index contributed by atoms with van der Waals surface area (Å²) in [5.74, 6) is -1.06. The highest BCUT2D eigenvalue weighted by Crippen LogP contribution is 2.37. The molecular weight excluding hydrogens is 477 g/mol. The standard InChI is InChI=1S/C22H20ClF3N4O4/c23-19-18(21(33)28-5-6-29(17(32)10-28)15-2-1-3-16(15)31)27-20-14(22(24,25)26)8-13(9-30(19)20)12-4-7-34-11-12/h4,7-9,11,15-16,31H,1-3,5-6,10H2/t15-,16-/m0/s1. The fourth-order valence-corrected chi connectivity index (χ4v) is 4.95. The second-order valence-corrected chi connectivity index (χ2v) is 8.83. The van der Waals surface area contributed by atoms with E-state index in [9.17, 15) is 27.9 Å². The molecule has 2 amide bonds. The Morgan fingerprint density at radius 1 is 1.24 bits per heavy atom. The first-order valence-corrected chi connectivity index (χ1v) is 11.1. The molecule has 2 aliphatic rings. The van der Waals surface area contributed by atoms with Crippen molar-refractivity contribution in [1.29, 1.82) is 0 Å². The van der Waals surface area contributed by atoms with Crippen LogP contribution in [0.25, 0.3) is 16.8 Å². The number of alkyl halides is 3. The Hall–Kier alpha value is -3.05. The third-order valence-electron chi connectivity index (χ3n) is 6.41. The van der Waals surface area contributed by atoms with Gasteiger partial charge in [-0.3, -0.25) is 14.0 Å². The number of imidazole rings is 1. The Morgan fingerprint density at radius 3 is 2.65 bits per heavy atom. The number of hydrogen-bond donors (Lipinski definition) is 1. The van der Waals surface area contributed by atoms with Crippen LogP contribution >= 0.6 is 11.6 Å². The van der Waals surface area contributed by atoms with Gasteiger partial charge in [-0.1, -0.05) is 11.6 Å². The number of aliphatic hydroxyl groups is 1. The maximum absolute atomic E-state index is 13.8. The van der Waals surface area contributed by atoms with E-state index in [0.717, 1.165) is 16.9 Å². The van der Waals surface area contributed by atoms with E-state index in [1.807, 2.05) is 0 Å². The van der Waals surface area contributed by atoms with Crippen molar-refractivity contribution in [2.24, 2.45) is 0 Å². The highest BCUT2D eigenvalue weighted by atomic mass is 35.5. The van der Waals surface area contributed by atoms with Gasteiger partial charge in [0.15, 0.2) is 11.3 Å². The molecular formula is C22H20ClF3N4O4. The summed E-state index contributed by atoms with van der Waals surface area (Å²) in [6, 6.07) is 2.15. The fraction of sp³-hybridized carbons (Fsp3) is 0.409. The van der Waals surface area contributed by atoms with Gasteiger partial charge in [0.1, 0.15) is 11.7 Å². The molecule has 0 spiro atoms. The molecule has 8 nitrogen and oxygen atoms in total. The number of aromatic nitrogens is 2. The van der Waals surface area contributed by atoms with Crippen molar-refractivity contribution in [3.63, 3.8) is 0 Å². The SMILES string of the molecule is O=C(c1nc2c(C(F)(F)F)cc(-c3ccoc3)cn2c1Cl)N1CCN([C@H]2CCC[C@@H]2O)C(=O)C1. The third-order valence-corrected chi connectivity index (χ3v) is 6.77. The summed E-state index contributed by atoms with van der Waals surface area (Å²) in [5, 5.41) is 9.83. The molecule has 1 saturated carbocycles. The average Bonchev–Trinajstić information content (AvgIpc) is 3.53. The van der Waals surface area contributed by atoms with Crippen LogP contribution in [-0.4, -0.2) is 67.9 Å². The Balaban J connectivity index is 1.48. The van der Waals surface area contributed by atoms with Crippen LogP contribution in [0.3, 0.4) is 0 Å². The third kappa shape index (κ3) is 3.82. The molecule has 0 unspecified atom stereocenters. The number of piperazine rings is 1. The van der Waals surface area contributed by atoms with E-state index in [1.165, 1.54) is 29.7 Å². The number of amides is 2. The molecule has 0 bridgehead atoms. The van der Waals surface area contributed by atoms with Gasteiger partial charge in [0.05, 0.1) is 30.2 Å². The van der Waals surface area contributed by atoms with Crippen molar-refractivity contribution in [3.8, 4) is 11.1 Å². The summed E-state index contributed by atoms with van der Waals surface area (Å²) in [6.07, 6.45) is 0.769. The molecule has 1 N–H and O–H groups in total. The predicted octanol–water partition coefficient (Wildman–Crippen LogP) is 3.46. The second-order valence-electron chi connectivity index (χ2n) is 8.48. The topological polar surface area (TPSA) is 91.3 Å². The zero-order chi connectivity index (χ0) is 24.2. The maximum Gasteiger partial charge on any atom is 0.420 e. The van der Waals surface area contributed by atoms with Gasteiger partial charge in [0, 0.05) is 30.4 Å². The van der Waals surface area contributed by atoms with Gasteiger partial charge in [-0.15, -0.1) is 0 Å². The highest BCUT2D eigenvalue weighted by Gasteiger charge is 2.39. The van der Waals surface area contributed by atoms with E-state index in [-0.39, 0.29) is 48.0 Å². The van der Waals surface area contributed by atoms with Crippen molar-refractivity contribution in [3.05, 3.63) is 47.3 Å². The van der Waals surface area contributed by atoms with Gasteiger partial charge in [-0.25, -0.2) is 4.98 Å². The number of hydrogen-bond acceptors (Lipinski definition) is 5. The second kappa shape index (κ2) is 8.31. The van der Waals surface area contributed by atoms with E-state index in [2.05, 4.69) is 4.98 Å². The minimum atomic E-state index is -4.75. The molecule has 12 heteroatoms. The maximum atomic E-state index is 13.8. The fourth-order valence-electron chi connectivity index (χ4n) is 4.69. The lowest BCUT2D eigenvalue weighted by Gasteiger charge is -2.38. The Morgan fingerprint density at radius 2 is 2.03 bits per heavy atom. The number of halogens is 4. The molecule has 3 aromatic heterocycles. The Kier molecular flexibility index (Phi) is 5.56. The summed E-state index contributed by atoms with van der Waals surface area (Å²) in [4.78, 5) is 32.6. The molecule has 3 aromatic rings. The number of rotatable bonds is 3. The summed E-state index contributed by atoms with van der Waals surface area (Å²) in [5.41, 5.74) is -1.33. The van der Waals surface area contributed by atoms with Crippen molar-refractivity contribution in [2.45, 2.75) is 37.6 Å². The van der Waals surface area contributed by atoms with Crippen molar-refractivity contribution >= 4 is 29.1 Å². The largest absolute Gasteiger partial charge is 0.472 e. The monoisotopic (exact) mass is 496 g/mol. The van der Waals surface area contributed by atoms with Crippen LogP contribution < -0.4 is 0 Å². The van der Waals surface area contributed by atoms with Crippen LogP contribution in [-0.2, 0) is 11.0 Å². The first-order valence-electron chi connectivity index (χ1n) is 10.7. The van der Waals surface area contributed by atoms with Gasteiger partial charge < -0.3 is 19.3 Å². The van der Waals surface area contributed by atoms with E-state index in [0.29, 0.717) is 18.4 Å². The van der Waals surface area contributed by atoms with Crippen LogP contribution in [0, 0.1) is 0 Å². The number of aliphatic hydroxyl groups excluding tert-OH is 1. The number of furan rings is 1. The van der Waals surface area contributed by atoms with E-state index in [4.69, 9.17) is 16.0 Å². The number of carbonyl (C=O) groups is 2. The number of pyridine rings is 1. The van der Waals surface area contributed by atoms with Crippen LogP contribution in [0.15, 0.2) is 35.3 Å².